The maximum Gasteiger partial charge on any atom is 0.123 e. The number of hydrogen-bond donors (Lipinski definition) is 1. The van der Waals surface area contributed by atoms with Crippen molar-refractivity contribution in [3.05, 3.63) is 64.8 Å². The highest BCUT2D eigenvalue weighted by Gasteiger charge is 2.23. The van der Waals surface area contributed by atoms with Crippen LogP contribution < -0.4 is 0 Å². The molecule has 1 N–H and O–H groups in total. The summed E-state index contributed by atoms with van der Waals surface area (Å²) in [6, 6.07) is 11.0. The molecule has 0 aliphatic carbocycles. The first-order valence-electron chi connectivity index (χ1n) is 8.89. The van der Waals surface area contributed by atoms with Gasteiger partial charge in [0.25, 0.3) is 0 Å². The second-order valence-corrected chi connectivity index (χ2v) is 7.81. The summed E-state index contributed by atoms with van der Waals surface area (Å²) in [5.74, 6) is 0.308. The Labute approximate surface area is 185 Å². The van der Waals surface area contributed by atoms with Crippen molar-refractivity contribution in [3.63, 3.8) is 0 Å². The highest BCUT2D eigenvalue weighted by atomic mass is 79.9. The number of halogens is 4. The fraction of sp³-hybridized carbons (Fsp3) is 0.286. The minimum absolute atomic E-state index is 0. The molecule has 3 aromatic rings. The number of pyridine rings is 1. The second-order valence-electron chi connectivity index (χ2n) is 6.95. The van der Waals surface area contributed by atoms with Gasteiger partial charge in [0, 0.05) is 39.6 Å². The Morgan fingerprint density at radius 2 is 1.75 bits per heavy atom. The normalized spacial score (nSPS) is 15.0. The third-order valence-electron chi connectivity index (χ3n) is 5.19. The van der Waals surface area contributed by atoms with Crippen LogP contribution in [-0.2, 0) is 0 Å². The van der Waals surface area contributed by atoms with Crippen LogP contribution in [0.25, 0.3) is 22.4 Å². The number of aromatic nitrogens is 2. The molecule has 0 spiro atoms. The van der Waals surface area contributed by atoms with Crippen molar-refractivity contribution >= 4 is 40.7 Å². The first kappa shape index (κ1) is 22.9. The van der Waals surface area contributed by atoms with Gasteiger partial charge in [-0.2, -0.15) is 0 Å². The molecule has 3 heterocycles. The topological polar surface area (TPSA) is 31.9 Å². The Morgan fingerprint density at radius 1 is 1.07 bits per heavy atom. The number of rotatable bonds is 3. The van der Waals surface area contributed by atoms with E-state index in [1.165, 1.54) is 17.8 Å². The van der Waals surface area contributed by atoms with E-state index in [1.807, 2.05) is 24.4 Å². The van der Waals surface area contributed by atoms with Gasteiger partial charge in [-0.15, -0.1) is 24.8 Å². The lowest BCUT2D eigenvalue weighted by molar-refractivity contribution is 0.253. The number of likely N-dealkylation sites (tertiary alicyclic amines) is 1. The lowest BCUT2D eigenvalue weighted by Crippen LogP contribution is -2.29. The Balaban J connectivity index is 0.00000140. The molecule has 150 valence electrons. The molecule has 0 unspecified atom stereocenters. The molecule has 28 heavy (non-hydrogen) atoms. The molecular formula is C21H23BrCl2FN3. The zero-order chi connectivity index (χ0) is 18.1. The molecule has 1 saturated heterocycles. The largest absolute Gasteiger partial charge is 0.358 e. The molecule has 0 amide bonds. The number of piperidine rings is 1. The maximum absolute atomic E-state index is 13.4. The van der Waals surface area contributed by atoms with Crippen LogP contribution in [0.2, 0.25) is 0 Å². The van der Waals surface area contributed by atoms with Crippen molar-refractivity contribution in [3.8, 4) is 22.4 Å². The quantitative estimate of drug-likeness (QED) is 0.471. The van der Waals surface area contributed by atoms with Crippen LogP contribution in [-0.4, -0.2) is 35.0 Å². The smallest absolute Gasteiger partial charge is 0.123 e. The summed E-state index contributed by atoms with van der Waals surface area (Å²) >= 11 is 3.62. The monoisotopic (exact) mass is 485 g/mol. The highest BCUT2D eigenvalue weighted by Crippen LogP contribution is 2.39. The number of hydrogen-bond acceptors (Lipinski definition) is 2. The van der Waals surface area contributed by atoms with Gasteiger partial charge in [0.15, 0.2) is 0 Å². The van der Waals surface area contributed by atoms with E-state index in [-0.39, 0.29) is 30.6 Å². The van der Waals surface area contributed by atoms with Crippen molar-refractivity contribution in [2.24, 2.45) is 0 Å². The van der Waals surface area contributed by atoms with Crippen molar-refractivity contribution < 1.29 is 4.39 Å². The van der Waals surface area contributed by atoms with E-state index in [1.54, 1.807) is 6.20 Å². The lowest BCUT2D eigenvalue weighted by atomic mass is 9.93. The first-order chi connectivity index (χ1) is 12.6. The molecule has 1 aliphatic heterocycles. The summed E-state index contributed by atoms with van der Waals surface area (Å²) < 4.78 is 14.3. The molecule has 0 radical (unpaired) electrons. The van der Waals surface area contributed by atoms with Gasteiger partial charge >= 0.3 is 0 Å². The van der Waals surface area contributed by atoms with E-state index in [9.17, 15) is 4.39 Å². The summed E-state index contributed by atoms with van der Waals surface area (Å²) in [5.41, 5.74) is 5.50. The Bertz CT molecular complexity index is 906. The van der Waals surface area contributed by atoms with Crippen molar-refractivity contribution in [1.29, 1.82) is 0 Å². The lowest BCUT2D eigenvalue weighted by Gasteiger charge is -2.28. The fourth-order valence-corrected chi connectivity index (χ4v) is 4.13. The summed E-state index contributed by atoms with van der Waals surface area (Å²) in [5, 5.41) is 0. The van der Waals surface area contributed by atoms with Gasteiger partial charge < -0.3 is 9.88 Å². The Hall–Kier alpha value is -1.40. The number of benzene rings is 1. The van der Waals surface area contributed by atoms with Crippen LogP contribution in [0.4, 0.5) is 4.39 Å². The van der Waals surface area contributed by atoms with Crippen molar-refractivity contribution in [2.45, 2.75) is 18.8 Å². The van der Waals surface area contributed by atoms with Gasteiger partial charge in [-0.05, 0) is 90.9 Å². The average Bonchev–Trinajstić information content (AvgIpc) is 3.08. The van der Waals surface area contributed by atoms with Gasteiger partial charge in [-0.25, -0.2) is 4.39 Å². The molecule has 1 fully saturated rings. The fourth-order valence-electron chi connectivity index (χ4n) is 3.67. The molecule has 0 atom stereocenters. The van der Waals surface area contributed by atoms with Crippen LogP contribution >= 0.6 is 40.7 Å². The molecule has 2 aromatic heterocycles. The summed E-state index contributed by atoms with van der Waals surface area (Å²) in [7, 11) is 2.17. The van der Waals surface area contributed by atoms with Crippen molar-refractivity contribution in [1.82, 2.24) is 14.9 Å². The van der Waals surface area contributed by atoms with Crippen LogP contribution in [0, 0.1) is 5.82 Å². The average molecular weight is 487 g/mol. The van der Waals surface area contributed by atoms with E-state index in [0.717, 1.165) is 52.8 Å². The van der Waals surface area contributed by atoms with Crippen LogP contribution in [0.15, 0.2) is 53.3 Å². The molecule has 0 bridgehead atoms. The SMILES string of the molecule is CN1CCC(c2cc(-c3ccncc3Br)c(-c3ccc(F)cc3)[nH]2)CC1.Cl.Cl. The molecular weight excluding hydrogens is 464 g/mol. The second kappa shape index (κ2) is 9.88. The third kappa shape index (κ3) is 4.77. The van der Waals surface area contributed by atoms with Gasteiger partial charge in [-0.1, -0.05) is 0 Å². The third-order valence-corrected chi connectivity index (χ3v) is 5.82. The van der Waals surface area contributed by atoms with Gasteiger partial charge in [0.2, 0.25) is 0 Å². The zero-order valence-electron chi connectivity index (χ0n) is 15.5. The van der Waals surface area contributed by atoms with E-state index >= 15 is 0 Å². The molecule has 1 aromatic carbocycles. The predicted octanol–water partition coefficient (Wildman–Crippen LogP) is 6.30. The molecule has 1 aliphatic rings. The standard InChI is InChI=1S/C21H21BrFN3.2ClH/c1-26-10-7-14(8-11-26)20-12-18(17-6-9-24-13-19(17)22)21(25-20)15-2-4-16(23)5-3-15;;/h2-6,9,12-14,25H,7-8,10-11H2,1H3;2*1H. The van der Waals surface area contributed by atoms with E-state index in [4.69, 9.17) is 0 Å². The number of H-pyrrole nitrogens is 1. The number of aromatic amines is 1. The minimum atomic E-state index is -0.220. The predicted molar refractivity (Wildman–Crippen MR) is 121 cm³/mol. The van der Waals surface area contributed by atoms with E-state index < -0.39 is 0 Å². The van der Waals surface area contributed by atoms with Gasteiger partial charge in [0.05, 0.1) is 5.69 Å². The Morgan fingerprint density at radius 3 is 2.39 bits per heavy atom. The van der Waals surface area contributed by atoms with Crippen LogP contribution in [0.1, 0.15) is 24.5 Å². The highest BCUT2D eigenvalue weighted by molar-refractivity contribution is 9.10. The Kier molecular flexibility index (Phi) is 8.07. The van der Waals surface area contributed by atoms with Crippen LogP contribution in [0.3, 0.4) is 0 Å². The summed E-state index contributed by atoms with van der Waals surface area (Å²) in [6.07, 6.45) is 5.91. The van der Waals surface area contributed by atoms with Gasteiger partial charge in [0.1, 0.15) is 5.82 Å². The summed E-state index contributed by atoms with van der Waals surface area (Å²) in [4.78, 5) is 10.2. The first-order valence-corrected chi connectivity index (χ1v) is 9.68. The maximum atomic E-state index is 13.4. The summed E-state index contributed by atoms with van der Waals surface area (Å²) in [6.45, 7) is 2.23. The molecule has 3 nitrogen and oxygen atoms in total. The minimum Gasteiger partial charge on any atom is -0.358 e. The van der Waals surface area contributed by atoms with Crippen molar-refractivity contribution in [2.75, 3.05) is 20.1 Å². The molecule has 4 rings (SSSR count). The zero-order valence-corrected chi connectivity index (χ0v) is 18.7. The van der Waals surface area contributed by atoms with Gasteiger partial charge in [-0.3, -0.25) is 4.98 Å². The van der Waals surface area contributed by atoms with Crippen LogP contribution in [0.5, 0.6) is 0 Å². The molecule has 7 heteroatoms. The number of nitrogens with one attached hydrogen (secondary N) is 1. The van der Waals surface area contributed by atoms with E-state index in [2.05, 4.69) is 43.9 Å². The molecule has 0 saturated carbocycles. The van der Waals surface area contributed by atoms with E-state index in [0.29, 0.717) is 5.92 Å². The number of nitrogens with zero attached hydrogens (tertiary/aromatic N) is 2.